The molecule has 0 fully saturated rings. The van der Waals surface area contributed by atoms with Gasteiger partial charge in [-0.25, -0.2) is 12.8 Å². The van der Waals surface area contributed by atoms with Crippen LogP contribution in [-0.4, -0.2) is 20.1 Å². The van der Waals surface area contributed by atoms with Crippen LogP contribution in [0.1, 0.15) is 27.6 Å². The number of anilines is 2. The lowest BCUT2D eigenvalue weighted by Gasteiger charge is -2.13. The van der Waals surface area contributed by atoms with Crippen LogP contribution >= 0.6 is 0 Å². The van der Waals surface area contributed by atoms with Gasteiger partial charge in [-0.1, -0.05) is 24.3 Å². The Labute approximate surface area is 167 Å². The molecule has 8 heteroatoms. The van der Waals surface area contributed by atoms with E-state index in [0.29, 0.717) is 11.3 Å². The van der Waals surface area contributed by atoms with Gasteiger partial charge in [0.15, 0.2) is 5.78 Å². The summed E-state index contributed by atoms with van der Waals surface area (Å²) in [6, 6.07) is 16.8. The van der Waals surface area contributed by atoms with Crippen molar-refractivity contribution in [1.82, 2.24) is 0 Å². The van der Waals surface area contributed by atoms with Crippen LogP contribution in [0.3, 0.4) is 0 Å². The number of halogens is 1. The van der Waals surface area contributed by atoms with Crippen LogP contribution in [0.25, 0.3) is 0 Å². The van der Waals surface area contributed by atoms with Gasteiger partial charge in [-0.3, -0.25) is 14.3 Å². The summed E-state index contributed by atoms with van der Waals surface area (Å²) in [7, 11) is -4.02. The number of benzene rings is 3. The van der Waals surface area contributed by atoms with E-state index >= 15 is 0 Å². The summed E-state index contributed by atoms with van der Waals surface area (Å²) < 4.78 is 40.5. The number of carbonyl (C=O) groups excluding carboxylic acids is 2. The van der Waals surface area contributed by atoms with E-state index < -0.39 is 21.7 Å². The molecule has 6 nitrogen and oxygen atoms in total. The van der Waals surface area contributed by atoms with Crippen molar-refractivity contribution in [2.24, 2.45) is 0 Å². The predicted molar refractivity (Wildman–Crippen MR) is 108 cm³/mol. The highest BCUT2D eigenvalue weighted by molar-refractivity contribution is 7.92. The summed E-state index contributed by atoms with van der Waals surface area (Å²) in [5, 5.41) is 2.65. The highest BCUT2D eigenvalue weighted by atomic mass is 32.2. The minimum atomic E-state index is -4.02. The maximum absolute atomic E-state index is 13.1. The Morgan fingerprint density at radius 1 is 0.897 bits per heavy atom. The van der Waals surface area contributed by atoms with Gasteiger partial charge in [0.2, 0.25) is 0 Å². The van der Waals surface area contributed by atoms with Crippen LogP contribution in [0.15, 0.2) is 77.7 Å². The third-order valence-corrected chi connectivity index (χ3v) is 5.45. The molecule has 29 heavy (non-hydrogen) atoms. The van der Waals surface area contributed by atoms with Crippen molar-refractivity contribution in [2.75, 3.05) is 10.0 Å². The molecular weight excluding hydrogens is 395 g/mol. The third-order valence-electron chi connectivity index (χ3n) is 4.07. The summed E-state index contributed by atoms with van der Waals surface area (Å²) in [6.45, 7) is 1.42. The first-order chi connectivity index (χ1) is 13.8. The summed E-state index contributed by atoms with van der Waals surface area (Å²) in [5.74, 6) is -1.26. The zero-order valence-corrected chi connectivity index (χ0v) is 16.2. The van der Waals surface area contributed by atoms with E-state index in [9.17, 15) is 22.4 Å². The van der Waals surface area contributed by atoms with Crippen LogP contribution in [-0.2, 0) is 10.0 Å². The van der Waals surface area contributed by atoms with Crippen molar-refractivity contribution in [3.05, 3.63) is 89.7 Å². The van der Waals surface area contributed by atoms with Crippen molar-refractivity contribution in [3.63, 3.8) is 0 Å². The second-order valence-electron chi connectivity index (χ2n) is 6.20. The van der Waals surface area contributed by atoms with Crippen LogP contribution in [0, 0.1) is 5.82 Å². The number of hydrogen-bond acceptors (Lipinski definition) is 4. The molecule has 0 aliphatic heterocycles. The maximum atomic E-state index is 13.1. The van der Waals surface area contributed by atoms with E-state index in [2.05, 4.69) is 10.0 Å². The van der Waals surface area contributed by atoms with Crippen molar-refractivity contribution in [2.45, 2.75) is 11.8 Å². The molecule has 0 spiro atoms. The van der Waals surface area contributed by atoms with Crippen molar-refractivity contribution < 1.29 is 22.4 Å². The van der Waals surface area contributed by atoms with E-state index in [1.54, 1.807) is 30.3 Å². The fraction of sp³-hybridized carbons (Fsp3) is 0.0476. The Kier molecular flexibility index (Phi) is 5.74. The number of ketones is 1. The average Bonchev–Trinajstić information content (AvgIpc) is 2.68. The molecule has 0 radical (unpaired) electrons. The number of nitrogens with one attached hydrogen (secondary N) is 2. The molecule has 3 aromatic carbocycles. The summed E-state index contributed by atoms with van der Waals surface area (Å²) in [6.07, 6.45) is 0. The molecule has 2 N–H and O–H groups in total. The fourth-order valence-corrected chi connectivity index (χ4v) is 3.68. The molecule has 0 aliphatic carbocycles. The Balaban J connectivity index is 1.87. The second kappa shape index (κ2) is 8.24. The van der Waals surface area contributed by atoms with Crippen LogP contribution in [0.2, 0.25) is 0 Å². The predicted octanol–water partition coefficient (Wildman–Crippen LogP) is 4.08. The van der Waals surface area contributed by atoms with E-state index in [-0.39, 0.29) is 21.9 Å². The summed E-state index contributed by atoms with van der Waals surface area (Å²) in [5.41, 5.74) is 0.996. The van der Waals surface area contributed by atoms with Crippen LogP contribution < -0.4 is 10.0 Å². The molecule has 1 amide bonds. The molecule has 0 bridgehead atoms. The molecule has 148 valence electrons. The highest BCUT2D eigenvalue weighted by Gasteiger charge is 2.19. The number of para-hydroxylation sites is 1. The summed E-state index contributed by atoms with van der Waals surface area (Å²) in [4.78, 5) is 24.1. The van der Waals surface area contributed by atoms with E-state index in [4.69, 9.17) is 0 Å². The lowest BCUT2D eigenvalue weighted by atomic mass is 10.1. The fourth-order valence-electron chi connectivity index (χ4n) is 2.60. The average molecular weight is 412 g/mol. The first-order valence-electron chi connectivity index (χ1n) is 8.56. The Morgan fingerprint density at radius 3 is 2.28 bits per heavy atom. The highest BCUT2D eigenvalue weighted by Crippen LogP contribution is 2.22. The van der Waals surface area contributed by atoms with Crippen molar-refractivity contribution >= 4 is 33.1 Å². The molecular formula is C21H17FN2O4S. The number of sulfonamides is 1. The normalized spacial score (nSPS) is 11.0. The Hall–Kier alpha value is -3.52. The monoisotopic (exact) mass is 412 g/mol. The molecule has 0 saturated heterocycles. The zero-order chi connectivity index (χ0) is 21.0. The number of amides is 1. The van der Waals surface area contributed by atoms with Gasteiger partial charge in [-0.2, -0.15) is 0 Å². The van der Waals surface area contributed by atoms with Crippen molar-refractivity contribution in [3.8, 4) is 0 Å². The van der Waals surface area contributed by atoms with E-state index in [1.165, 1.54) is 25.1 Å². The first kappa shape index (κ1) is 20.2. The molecule has 0 unspecified atom stereocenters. The number of hydrogen-bond donors (Lipinski definition) is 2. The van der Waals surface area contributed by atoms with Gasteiger partial charge in [0.05, 0.1) is 16.1 Å². The second-order valence-corrected chi connectivity index (χ2v) is 7.88. The molecule has 0 atom stereocenters. The molecule has 3 rings (SSSR count). The summed E-state index contributed by atoms with van der Waals surface area (Å²) >= 11 is 0. The molecule has 0 aliphatic rings. The largest absolute Gasteiger partial charge is 0.322 e. The Morgan fingerprint density at radius 2 is 1.59 bits per heavy atom. The molecule has 3 aromatic rings. The van der Waals surface area contributed by atoms with Gasteiger partial charge in [0.25, 0.3) is 15.9 Å². The maximum Gasteiger partial charge on any atom is 0.261 e. The van der Waals surface area contributed by atoms with E-state index in [1.807, 2.05) is 0 Å². The SMILES string of the molecule is CC(=O)c1cccc(NC(=O)c2ccccc2NS(=O)(=O)c2ccc(F)cc2)c1. The number of rotatable bonds is 6. The quantitative estimate of drug-likeness (QED) is 0.597. The minimum Gasteiger partial charge on any atom is -0.322 e. The van der Waals surface area contributed by atoms with Gasteiger partial charge in [0, 0.05) is 11.3 Å². The van der Waals surface area contributed by atoms with Crippen LogP contribution in [0.5, 0.6) is 0 Å². The standard InChI is InChI=1S/C21H17FN2O4S/c1-14(25)15-5-4-6-17(13-15)23-21(26)19-7-2-3-8-20(19)24-29(27,28)18-11-9-16(22)10-12-18/h2-13,24H,1H3,(H,23,26). The lowest BCUT2D eigenvalue weighted by Crippen LogP contribution is -2.18. The lowest BCUT2D eigenvalue weighted by molar-refractivity contribution is 0.101. The molecule has 0 heterocycles. The zero-order valence-electron chi connectivity index (χ0n) is 15.3. The Bertz CT molecular complexity index is 1180. The minimum absolute atomic E-state index is 0.0667. The molecule has 0 aromatic heterocycles. The number of carbonyl (C=O) groups is 2. The van der Waals surface area contributed by atoms with Crippen molar-refractivity contribution in [1.29, 1.82) is 0 Å². The van der Waals surface area contributed by atoms with Gasteiger partial charge in [-0.05, 0) is 55.5 Å². The van der Waals surface area contributed by atoms with Crippen LogP contribution in [0.4, 0.5) is 15.8 Å². The first-order valence-corrected chi connectivity index (χ1v) is 10.0. The van der Waals surface area contributed by atoms with Gasteiger partial charge in [-0.15, -0.1) is 0 Å². The number of Topliss-reactive ketones (excluding diaryl/α,β-unsaturated/α-hetero) is 1. The van der Waals surface area contributed by atoms with Gasteiger partial charge < -0.3 is 5.32 Å². The van der Waals surface area contributed by atoms with Gasteiger partial charge in [0.1, 0.15) is 5.82 Å². The van der Waals surface area contributed by atoms with E-state index in [0.717, 1.165) is 24.3 Å². The third kappa shape index (κ3) is 4.85. The molecule has 0 saturated carbocycles. The topological polar surface area (TPSA) is 92.3 Å². The van der Waals surface area contributed by atoms with Gasteiger partial charge >= 0.3 is 0 Å². The smallest absolute Gasteiger partial charge is 0.261 e.